The summed E-state index contributed by atoms with van der Waals surface area (Å²) in [6.45, 7) is 3.91. The zero-order chi connectivity index (χ0) is 15.7. The van der Waals surface area contributed by atoms with Gasteiger partial charge in [-0.05, 0) is 31.0 Å². The highest BCUT2D eigenvalue weighted by molar-refractivity contribution is 6.35. The normalized spacial score (nSPS) is 13.3. The van der Waals surface area contributed by atoms with Gasteiger partial charge in [0.25, 0.3) is 0 Å². The lowest BCUT2D eigenvalue weighted by atomic mass is 9.97. The number of ketones is 1. The second kappa shape index (κ2) is 5.60. The number of fused-ring (bicyclic) bond motifs is 1. The molecule has 0 saturated heterocycles. The molecule has 22 heavy (non-hydrogen) atoms. The van der Waals surface area contributed by atoms with E-state index >= 15 is 0 Å². The number of ether oxygens (including phenoxy) is 1. The molecule has 1 aliphatic carbocycles. The van der Waals surface area contributed by atoms with Gasteiger partial charge < -0.3 is 4.74 Å². The lowest BCUT2D eigenvalue weighted by Crippen LogP contribution is -2.14. The SMILES string of the molecule is CCOC(=O)C1=C(c2ccccc2)c2ccc(C)cc2C1=O. The third kappa shape index (κ3) is 2.25. The van der Waals surface area contributed by atoms with E-state index in [1.165, 1.54) is 0 Å². The van der Waals surface area contributed by atoms with E-state index in [1.807, 2.05) is 55.5 Å². The van der Waals surface area contributed by atoms with Crippen LogP contribution in [0, 0.1) is 6.92 Å². The molecule has 0 fully saturated rings. The lowest BCUT2D eigenvalue weighted by molar-refractivity contribution is -0.137. The van der Waals surface area contributed by atoms with Gasteiger partial charge in [0.2, 0.25) is 5.78 Å². The Morgan fingerprint density at radius 2 is 1.77 bits per heavy atom. The second-order valence-corrected chi connectivity index (χ2v) is 5.21. The lowest BCUT2D eigenvalue weighted by Gasteiger charge is -2.07. The van der Waals surface area contributed by atoms with Crippen LogP contribution in [0.5, 0.6) is 0 Å². The van der Waals surface area contributed by atoms with E-state index in [-0.39, 0.29) is 18.0 Å². The fourth-order valence-corrected chi connectivity index (χ4v) is 2.75. The van der Waals surface area contributed by atoms with Crippen LogP contribution >= 0.6 is 0 Å². The van der Waals surface area contributed by atoms with Crippen molar-refractivity contribution in [2.24, 2.45) is 0 Å². The summed E-state index contributed by atoms with van der Waals surface area (Å²) in [5, 5.41) is 0. The average molecular weight is 292 g/mol. The van der Waals surface area contributed by atoms with Crippen LogP contribution in [-0.4, -0.2) is 18.4 Å². The maximum atomic E-state index is 12.7. The van der Waals surface area contributed by atoms with Crippen LogP contribution in [0.4, 0.5) is 0 Å². The molecule has 0 amide bonds. The van der Waals surface area contributed by atoms with E-state index in [9.17, 15) is 9.59 Å². The highest BCUT2D eigenvalue weighted by Gasteiger charge is 2.35. The molecule has 0 saturated carbocycles. The fraction of sp³-hybridized carbons (Fsp3) is 0.158. The average Bonchev–Trinajstić information content (AvgIpc) is 2.81. The van der Waals surface area contributed by atoms with E-state index in [4.69, 9.17) is 4.74 Å². The molecule has 0 N–H and O–H groups in total. The molecule has 0 aliphatic heterocycles. The maximum absolute atomic E-state index is 12.7. The molecule has 0 atom stereocenters. The molecule has 2 aromatic carbocycles. The Balaban J connectivity index is 2.25. The molecule has 0 radical (unpaired) electrons. The first-order valence-corrected chi connectivity index (χ1v) is 7.26. The van der Waals surface area contributed by atoms with Gasteiger partial charge in [-0.3, -0.25) is 4.79 Å². The van der Waals surface area contributed by atoms with Crippen molar-refractivity contribution in [1.82, 2.24) is 0 Å². The first-order chi connectivity index (χ1) is 10.6. The van der Waals surface area contributed by atoms with Gasteiger partial charge in [0, 0.05) is 11.1 Å². The Bertz CT molecular complexity index is 786. The molecular formula is C19H16O3. The Labute approximate surface area is 129 Å². The number of esters is 1. The topological polar surface area (TPSA) is 43.4 Å². The van der Waals surface area contributed by atoms with Gasteiger partial charge in [0.1, 0.15) is 5.57 Å². The molecule has 1 aliphatic rings. The quantitative estimate of drug-likeness (QED) is 0.642. The van der Waals surface area contributed by atoms with Crippen molar-refractivity contribution < 1.29 is 14.3 Å². The number of hydrogen-bond acceptors (Lipinski definition) is 3. The summed E-state index contributed by atoms with van der Waals surface area (Å²) >= 11 is 0. The first kappa shape index (κ1) is 14.3. The highest BCUT2D eigenvalue weighted by Crippen LogP contribution is 2.38. The van der Waals surface area contributed by atoms with E-state index in [0.29, 0.717) is 11.1 Å². The molecule has 110 valence electrons. The van der Waals surface area contributed by atoms with Crippen LogP contribution in [-0.2, 0) is 9.53 Å². The summed E-state index contributed by atoms with van der Waals surface area (Å²) in [6, 6.07) is 15.2. The van der Waals surface area contributed by atoms with Crippen LogP contribution < -0.4 is 0 Å². The van der Waals surface area contributed by atoms with Gasteiger partial charge in [0.15, 0.2) is 0 Å². The van der Waals surface area contributed by atoms with Crippen molar-refractivity contribution >= 4 is 17.3 Å². The largest absolute Gasteiger partial charge is 0.462 e. The van der Waals surface area contributed by atoms with E-state index in [2.05, 4.69) is 0 Å². The summed E-state index contributed by atoms with van der Waals surface area (Å²) in [7, 11) is 0. The Morgan fingerprint density at radius 1 is 1.05 bits per heavy atom. The van der Waals surface area contributed by atoms with E-state index in [1.54, 1.807) is 6.92 Å². The monoisotopic (exact) mass is 292 g/mol. The minimum absolute atomic E-state index is 0.133. The molecule has 2 aromatic rings. The van der Waals surface area contributed by atoms with Crippen molar-refractivity contribution in [3.8, 4) is 0 Å². The number of carbonyl (C=O) groups excluding carboxylic acids is 2. The molecule has 3 rings (SSSR count). The van der Waals surface area contributed by atoms with Crippen molar-refractivity contribution in [1.29, 1.82) is 0 Å². The number of hydrogen-bond donors (Lipinski definition) is 0. The van der Waals surface area contributed by atoms with Crippen molar-refractivity contribution in [2.45, 2.75) is 13.8 Å². The van der Waals surface area contributed by atoms with Crippen molar-refractivity contribution in [2.75, 3.05) is 6.61 Å². The standard InChI is InChI=1S/C19H16O3/c1-3-22-19(21)17-16(13-7-5-4-6-8-13)14-10-9-12(2)11-15(14)18(17)20/h4-11H,3H2,1-2H3. The van der Waals surface area contributed by atoms with Crippen LogP contribution in [0.15, 0.2) is 54.1 Å². The summed E-state index contributed by atoms with van der Waals surface area (Å²) in [5.74, 6) is -0.809. The minimum Gasteiger partial charge on any atom is -0.462 e. The molecule has 0 aromatic heterocycles. The van der Waals surface area contributed by atoms with Gasteiger partial charge in [-0.2, -0.15) is 0 Å². The number of carbonyl (C=O) groups is 2. The number of Topliss-reactive ketones (excluding diaryl/α,β-unsaturated/α-hetero) is 1. The third-order valence-corrected chi connectivity index (χ3v) is 3.71. The third-order valence-electron chi connectivity index (χ3n) is 3.71. The van der Waals surface area contributed by atoms with Crippen LogP contribution in [0.2, 0.25) is 0 Å². The van der Waals surface area contributed by atoms with Crippen LogP contribution in [0.3, 0.4) is 0 Å². The summed E-state index contributed by atoms with van der Waals surface area (Å²) in [6.07, 6.45) is 0. The number of aryl methyl sites for hydroxylation is 1. The van der Waals surface area contributed by atoms with Crippen molar-refractivity contribution in [3.63, 3.8) is 0 Å². The molecule has 0 spiro atoms. The van der Waals surface area contributed by atoms with Gasteiger partial charge in [-0.15, -0.1) is 0 Å². The Morgan fingerprint density at radius 3 is 2.45 bits per heavy atom. The molecule has 0 bridgehead atoms. The predicted molar refractivity (Wildman–Crippen MR) is 84.6 cm³/mol. The van der Waals surface area contributed by atoms with Crippen molar-refractivity contribution in [3.05, 3.63) is 76.4 Å². The molecular weight excluding hydrogens is 276 g/mol. The van der Waals surface area contributed by atoms with Gasteiger partial charge in [-0.25, -0.2) is 4.79 Å². The predicted octanol–water partition coefficient (Wildman–Crippen LogP) is 3.56. The summed E-state index contributed by atoms with van der Waals surface area (Å²) in [5.41, 5.74) is 4.01. The number of benzene rings is 2. The maximum Gasteiger partial charge on any atom is 0.342 e. The zero-order valence-electron chi connectivity index (χ0n) is 12.6. The summed E-state index contributed by atoms with van der Waals surface area (Å²) in [4.78, 5) is 25.0. The Kier molecular flexibility index (Phi) is 3.63. The first-order valence-electron chi connectivity index (χ1n) is 7.26. The molecule has 3 nitrogen and oxygen atoms in total. The smallest absolute Gasteiger partial charge is 0.342 e. The summed E-state index contributed by atoms with van der Waals surface area (Å²) < 4.78 is 5.09. The second-order valence-electron chi connectivity index (χ2n) is 5.21. The van der Waals surface area contributed by atoms with E-state index < -0.39 is 5.97 Å². The van der Waals surface area contributed by atoms with Gasteiger partial charge >= 0.3 is 5.97 Å². The Hall–Kier alpha value is -2.68. The highest BCUT2D eigenvalue weighted by atomic mass is 16.5. The van der Waals surface area contributed by atoms with Crippen LogP contribution in [0.25, 0.3) is 5.57 Å². The molecule has 0 heterocycles. The fourth-order valence-electron chi connectivity index (χ4n) is 2.75. The molecule has 3 heteroatoms. The minimum atomic E-state index is -0.555. The van der Waals surface area contributed by atoms with Gasteiger partial charge in [0.05, 0.1) is 6.61 Å². The molecule has 0 unspecified atom stereocenters. The van der Waals surface area contributed by atoms with E-state index in [0.717, 1.165) is 16.7 Å². The van der Waals surface area contributed by atoms with Crippen LogP contribution in [0.1, 0.15) is 34.0 Å². The van der Waals surface area contributed by atoms with Gasteiger partial charge in [-0.1, -0.05) is 48.0 Å². The zero-order valence-corrected chi connectivity index (χ0v) is 12.6. The number of rotatable bonds is 3.